The lowest BCUT2D eigenvalue weighted by molar-refractivity contribution is -0.167. The zero-order valence-corrected chi connectivity index (χ0v) is 37.6. The fraction of sp³-hybridized carbons (Fsp3) is 0.851. The normalized spacial score (nSPS) is 12.2. The number of rotatable bonds is 42. The molecule has 322 valence electrons. The number of esters is 3. The summed E-state index contributed by atoms with van der Waals surface area (Å²) in [5, 5.41) is 0.281. The van der Waals surface area contributed by atoms with Crippen LogP contribution in [-0.2, 0) is 28.6 Å². The summed E-state index contributed by atoms with van der Waals surface area (Å²) < 4.78 is 16.6. The zero-order chi connectivity index (χ0) is 40.3. The predicted molar refractivity (Wildman–Crippen MR) is 240 cm³/mol. The standard InChI is InChI=1S/C47H86O6S2/c1-3-5-7-9-11-13-15-17-19-21-23-25-27-29-31-36-45(48)51-41-43(53-47(50)38-34-33-35-44(55)39-40-54)42-52-46(49)37-32-30-28-26-24-22-20-18-16-14-12-10-8-6-4-2/h17-20,43-44,54-55H,3-16,21-42H2,1-2H3/b19-17-,20-18-. The van der Waals surface area contributed by atoms with E-state index in [1.807, 2.05) is 0 Å². The SMILES string of the molecule is CCCCCCCC/C=C\CCCCCCCC(=O)OCC(COC(=O)CCCCCCC/C=C\CCCCCCCC)OC(=O)CCCCC(S)CCS. The third-order valence-electron chi connectivity index (χ3n) is 10.1. The molecule has 0 heterocycles. The minimum atomic E-state index is -0.801. The molecule has 8 heteroatoms. The molecule has 0 aromatic carbocycles. The summed E-state index contributed by atoms with van der Waals surface area (Å²) in [6.45, 7) is 4.31. The number of hydrogen-bond donors (Lipinski definition) is 2. The minimum Gasteiger partial charge on any atom is -0.462 e. The quantitative estimate of drug-likeness (QED) is 0.0210. The lowest BCUT2D eigenvalue weighted by Gasteiger charge is -2.18. The summed E-state index contributed by atoms with van der Waals surface area (Å²) in [6.07, 6.45) is 44.1. The van der Waals surface area contributed by atoms with Crippen LogP contribution in [0.2, 0.25) is 0 Å². The van der Waals surface area contributed by atoms with Gasteiger partial charge in [0, 0.05) is 24.5 Å². The summed E-state index contributed by atoms with van der Waals surface area (Å²) in [5.41, 5.74) is 0. The van der Waals surface area contributed by atoms with E-state index < -0.39 is 6.10 Å². The van der Waals surface area contributed by atoms with Crippen LogP contribution in [-0.4, -0.2) is 48.2 Å². The monoisotopic (exact) mass is 811 g/mol. The first-order chi connectivity index (χ1) is 26.9. The van der Waals surface area contributed by atoms with Crippen molar-refractivity contribution in [2.45, 2.75) is 237 Å². The Labute approximate surface area is 350 Å². The van der Waals surface area contributed by atoms with E-state index >= 15 is 0 Å². The maximum atomic E-state index is 12.6. The second-order valence-electron chi connectivity index (χ2n) is 15.6. The number of carbonyl (C=O) groups is 3. The van der Waals surface area contributed by atoms with Crippen LogP contribution >= 0.6 is 25.3 Å². The van der Waals surface area contributed by atoms with Gasteiger partial charge in [-0.25, -0.2) is 0 Å². The second-order valence-corrected chi connectivity index (χ2v) is 16.7. The molecule has 0 aliphatic rings. The molecule has 55 heavy (non-hydrogen) atoms. The van der Waals surface area contributed by atoms with Crippen LogP contribution in [0.4, 0.5) is 0 Å². The van der Waals surface area contributed by atoms with Crippen molar-refractivity contribution >= 4 is 43.2 Å². The number of carbonyl (C=O) groups excluding carboxylic acids is 3. The van der Waals surface area contributed by atoms with E-state index in [4.69, 9.17) is 14.2 Å². The maximum Gasteiger partial charge on any atom is 0.306 e. The van der Waals surface area contributed by atoms with Gasteiger partial charge >= 0.3 is 17.9 Å². The molecule has 0 aliphatic heterocycles. The summed E-state index contributed by atoms with van der Waals surface area (Å²) in [7, 11) is 0. The molecule has 0 aromatic heterocycles. The number of thiol groups is 2. The summed E-state index contributed by atoms with van der Waals surface area (Å²) >= 11 is 8.82. The van der Waals surface area contributed by atoms with Crippen molar-refractivity contribution in [1.82, 2.24) is 0 Å². The average Bonchev–Trinajstić information content (AvgIpc) is 3.17. The van der Waals surface area contributed by atoms with Gasteiger partial charge in [-0.2, -0.15) is 25.3 Å². The van der Waals surface area contributed by atoms with Gasteiger partial charge in [0.1, 0.15) is 13.2 Å². The molecule has 0 saturated heterocycles. The molecule has 0 rings (SSSR count). The lowest BCUT2D eigenvalue weighted by Crippen LogP contribution is -2.30. The van der Waals surface area contributed by atoms with Crippen molar-refractivity contribution in [2.75, 3.05) is 19.0 Å². The van der Waals surface area contributed by atoms with Crippen LogP contribution < -0.4 is 0 Å². The first kappa shape index (κ1) is 53.6. The highest BCUT2D eigenvalue weighted by atomic mass is 32.1. The molecule has 0 radical (unpaired) electrons. The Bertz CT molecular complexity index is 867. The Morgan fingerprint density at radius 3 is 1.20 bits per heavy atom. The summed E-state index contributed by atoms with van der Waals surface area (Å²) in [4.78, 5) is 37.6. The van der Waals surface area contributed by atoms with E-state index in [0.717, 1.165) is 76.4 Å². The van der Waals surface area contributed by atoms with Crippen molar-refractivity contribution in [3.63, 3.8) is 0 Å². The molecule has 1 unspecified atom stereocenters. The number of ether oxygens (including phenoxy) is 3. The van der Waals surface area contributed by atoms with Crippen molar-refractivity contribution in [3.8, 4) is 0 Å². The maximum absolute atomic E-state index is 12.6. The van der Waals surface area contributed by atoms with Gasteiger partial charge in [-0.15, -0.1) is 0 Å². The molecular formula is C47H86O6S2. The average molecular weight is 811 g/mol. The topological polar surface area (TPSA) is 78.9 Å². The Balaban J connectivity index is 4.29. The fourth-order valence-electron chi connectivity index (χ4n) is 6.50. The Morgan fingerprint density at radius 2 is 0.800 bits per heavy atom. The summed E-state index contributed by atoms with van der Waals surface area (Å²) in [6, 6.07) is 0. The van der Waals surface area contributed by atoms with Crippen molar-refractivity contribution in [2.24, 2.45) is 0 Å². The van der Waals surface area contributed by atoms with Crippen molar-refractivity contribution in [1.29, 1.82) is 0 Å². The molecule has 0 bridgehead atoms. The molecular weight excluding hydrogens is 725 g/mol. The molecule has 0 fully saturated rings. The smallest absolute Gasteiger partial charge is 0.306 e. The number of hydrogen-bond acceptors (Lipinski definition) is 8. The van der Waals surface area contributed by atoms with Gasteiger partial charge in [-0.3, -0.25) is 14.4 Å². The highest BCUT2D eigenvalue weighted by molar-refractivity contribution is 7.81. The van der Waals surface area contributed by atoms with Gasteiger partial charge in [-0.05, 0) is 89.2 Å². The predicted octanol–water partition coefficient (Wildman–Crippen LogP) is 14.2. The second kappa shape index (κ2) is 43.7. The van der Waals surface area contributed by atoms with Crippen LogP contribution in [0, 0.1) is 0 Å². The zero-order valence-electron chi connectivity index (χ0n) is 35.8. The van der Waals surface area contributed by atoms with E-state index in [2.05, 4.69) is 63.4 Å². The highest BCUT2D eigenvalue weighted by Crippen LogP contribution is 2.15. The molecule has 0 spiro atoms. The van der Waals surface area contributed by atoms with Gasteiger partial charge in [-0.1, -0.05) is 147 Å². The first-order valence-electron chi connectivity index (χ1n) is 23.0. The Hall–Kier alpha value is -1.41. The first-order valence-corrected chi connectivity index (χ1v) is 24.2. The molecule has 0 saturated carbocycles. The molecule has 0 N–H and O–H groups in total. The van der Waals surface area contributed by atoms with Gasteiger partial charge in [0.25, 0.3) is 0 Å². The van der Waals surface area contributed by atoms with E-state index in [1.54, 1.807) is 0 Å². The van der Waals surface area contributed by atoms with Crippen LogP contribution in [0.25, 0.3) is 0 Å². The Morgan fingerprint density at radius 1 is 0.455 bits per heavy atom. The van der Waals surface area contributed by atoms with Crippen LogP contribution in [0.15, 0.2) is 24.3 Å². The fourth-order valence-corrected chi connectivity index (χ4v) is 7.33. The van der Waals surface area contributed by atoms with Crippen LogP contribution in [0.5, 0.6) is 0 Å². The van der Waals surface area contributed by atoms with Crippen molar-refractivity contribution in [3.05, 3.63) is 24.3 Å². The van der Waals surface area contributed by atoms with E-state index in [-0.39, 0.29) is 42.8 Å². The lowest BCUT2D eigenvalue weighted by atomic mass is 10.1. The van der Waals surface area contributed by atoms with Gasteiger partial charge < -0.3 is 14.2 Å². The molecule has 0 amide bonds. The van der Waals surface area contributed by atoms with E-state index in [9.17, 15) is 14.4 Å². The Kier molecular flexibility index (Phi) is 42.6. The highest BCUT2D eigenvalue weighted by Gasteiger charge is 2.19. The molecule has 0 aromatic rings. The largest absolute Gasteiger partial charge is 0.462 e. The van der Waals surface area contributed by atoms with Crippen LogP contribution in [0.1, 0.15) is 226 Å². The third-order valence-corrected chi connectivity index (χ3v) is 10.8. The van der Waals surface area contributed by atoms with Gasteiger partial charge in [0.05, 0.1) is 0 Å². The third kappa shape index (κ3) is 42.0. The van der Waals surface area contributed by atoms with Crippen LogP contribution in [0.3, 0.4) is 0 Å². The minimum absolute atomic E-state index is 0.100. The summed E-state index contributed by atoms with van der Waals surface area (Å²) in [5.74, 6) is -0.176. The molecule has 0 aliphatic carbocycles. The van der Waals surface area contributed by atoms with Gasteiger partial charge in [0.15, 0.2) is 6.10 Å². The van der Waals surface area contributed by atoms with E-state index in [0.29, 0.717) is 19.3 Å². The number of allylic oxidation sites excluding steroid dienone is 4. The van der Waals surface area contributed by atoms with Gasteiger partial charge in [0.2, 0.25) is 0 Å². The van der Waals surface area contributed by atoms with Crippen molar-refractivity contribution < 1.29 is 28.6 Å². The number of unbranched alkanes of at least 4 members (excludes halogenated alkanes) is 23. The molecule has 6 nitrogen and oxygen atoms in total. The van der Waals surface area contributed by atoms with E-state index in [1.165, 1.54) is 116 Å². The molecule has 1 atom stereocenters.